The van der Waals surface area contributed by atoms with Crippen LogP contribution in [0.15, 0.2) is 65.7 Å². The van der Waals surface area contributed by atoms with Gasteiger partial charge in [-0.25, -0.2) is 14.2 Å². The Morgan fingerprint density at radius 1 is 1.03 bits per heavy atom. The summed E-state index contributed by atoms with van der Waals surface area (Å²) in [4.78, 5) is 38.1. The molecule has 168 valence electrons. The Morgan fingerprint density at radius 2 is 1.73 bits per heavy atom. The van der Waals surface area contributed by atoms with Crippen LogP contribution in [0.1, 0.15) is 23.0 Å². The number of tetrazole rings is 1. The normalized spacial score (nSPS) is 11.7. The molecule has 0 radical (unpaired) electrons. The Hall–Kier alpha value is -4.54. The van der Waals surface area contributed by atoms with Crippen molar-refractivity contribution in [3.05, 3.63) is 82.5 Å². The molecule has 0 bridgehead atoms. The number of carbonyl (C=O) groups is 2. The SMILES string of the molecule is Cc1c(NC(=O)C(C)OC(=O)c2ccc(-n3cnnn3)cc2)c(=O)n(-c2ccccc2)n1C. The molecule has 4 aromatic rings. The summed E-state index contributed by atoms with van der Waals surface area (Å²) in [6, 6.07) is 15.5. The van der Waals surface area contributed by atoms with Gasteiger partial charge >= 0.3 is 5.97 Å². The highest BCUT2D eigenvalue weighted by Crippen LogP contribution is 2.15. The molecule has 2 aromatic carbocycles. The van der Waals surface area contributed by atoms with Gasteiger partial charge < -0.3 is 10.1 Å². The number of hydrogen-bond donors (Lipinski definition) is 1. The Bertz CT molecular complexity index is 1340. The van der Waals surface area contributed by atoms with Gasteiger partial charge in [-0.15, -0.1) is 5.10 Å². The highest BCUT2D eigenvalue weighted by Gasteiger charge is 2.23. The van der Waals surface area contributed by atoms with Crippen molar-refractivity contribution in [1.29, 1.82) is 0 Å². The van der Waals surface area contributed by atoms with Crippen LogP contribution in [-0.4, -0.2) is 47.6 Å². The van der Waals surface area contributed by atoms with E-state index in [2.05, 4.69) is 20.8 Å². The first kappa shape index (κ1) is 21.7. The fourth-order valence-corrected chi connectivity index (χ4v) is 3.25. The standard InChI is InChI=1S/C22H21N7O4/c1-14-19(21(31)29(27(14)3)18-7-5-4-6-8-18)24-20(30)15(2)33-22(32)16-9-11-17(12-10-16)28-13-23-25-26-28/h4-13,15H,1-3H3,(H,24,30). The van der Waals surface area contributed by atoms with E-state index in [4.69, 9.17) is 4.74 Å². The van der Waals surface area contributed by atoms with Crippen LogP contribution in [0.2, 0.25) is 0 Å². The first-order valence-corrected chi connectivity index (χ1v) is 10.1. The third-order valence-corrected chi connectivity index (χ3v) is 5.17. The maximum absolute atomic E-state index is 12.9. The van der Waals surface area contributed by atoms with Gasteiger partial charge in [-0.2, -0.15) is 0 Å². The second-order valence-electron chi connectivity index (χ2n) is 7.27. The Morgan fingerprint density at radius 3 is 2.36 bits per heavy atom. The van der Waals surface area contributed by atoms with Gasteiger partial charge in [0.15, 0.2) is 6.10 Å². The van der Waals surface area contributed by atoms with Crippen LogP contribution in [-0.2, 0) is 16.6 Å². The summed E-state index contributed by atoms with van der Waals surface area (Å²) >= 11 is 0. The highest BCUT2D eigenvalue weighted by molar-refractivity contribution is 5.97. The average Bonchev–Trinajstić information content (AvgIpc) is 3.43. The Labute approximate surface area is 188 Å². The minimum atomic E-state index is -1.12. The molecule has 0 spiro atoms. The average molecular weight is 447 g/mol. The van der Waals surface area contributed by atoms with E-state index < -0.39 is 18.0 Å². The summed E-state index contributed by atoms with van der Waals surface area (Å²) in [5, 5.41) is 13.5. The molecule has 1 unspecified atom stereocenters. The maximum atomic E-state index is 12.9. The van der Waals surface area contributed by atoms with Crippen molar-refractivity contribution in [2.45, 2.75) is 20.0 Å². The lowest BCUT2D eigenvalue weighted by Gasteiger charge is -2.13. The van der Waals surface area contributed by atoms with Crippen LogP contribution in [0.4, 0.5) is 5.69 Å². The number of benzene rings is 2. The molecule has 0 aliphatic rings. The molecular formula is C22H21N7O4. The highest BCUT2D eigenvalue weighted by atomic mass is 16.5. The zero-order valence-corrected chi connectivity index (χ0v) is 18.2. The predicted molar refractivity (Wildman–Crippen MR) is 118 cm³/mol. The van der Waals surface area contributed by atoms with Gasteiger partial charge in [-0.1, -0.05) is 18.2 Å². The van der Waals surface area contributed by atoms with Gasteiger partial charge in [0.25, 0.3) is 11.5 Å². The zero-order valence-electron chi connectivity index (χ0n) is 18.2. The second kappa shape index (κ2) is 8.91. The van der Waals surface area contributed by atoms with Gasteiger partial charge in [0, 0.05) is 7.05 Å². The molecule has 33 heavy (non-hydrogen) atoms. The van der Waals surface area contributed by atoms with Crippen molar-refractivity contribution in [2.24, 2.45) is 7.05 Å². The van der Waals surface area contributed by atoms with E-state index in [1.807, 2.05) is 18.2 Å². The van der Waals surface area contributed by atoms with Crippen molar-refractivity contribution in [3.8, 4) is 11.4 Å². The van der Waals surface area contributed by atoms with Gasteiger partial charge in [-0.3, -0.25) is 14.3 Å². The van der Waals surface area contributed by atoms with E-state index in [9.17, 15) is 14.4 Å². The van der Waals surface area contributed by atoms with Crippen molar-refractivity contribution in [2.75, 3.05) is 5.32 Å². The molecule has 0 aliphatic carbocycles. The number of carbonyl (C=O) groups excluding carboxylic acids is 2. The smallest absolute Gasteiger partial charge is 0.338 e. The molecule has 0 saturated carbocycles. The summed E-state index contributed by atoms with van der Waals surface area (Å²) in [5.74, 6) is -1.29. The molecule has 1 amide bonds. The minimum absolute atomic E-state index is 0.125. The number of rotatable bonds is 6. The maximum Gasteiger partial charge on any atom is 0.338 e. The van der Waals surface area contributed by atoms with Gasteiger partial charge in [0.05, 0.1) is 22.6 Å². The topological polar surface area (TPSA) is 126 Å². The third-order valence-electron chi connectivity index (χ3n) is 5.17. The van der Waals surface area contributed by atoms with E-state index in [0.29, 0.717) is 17.1 Å². The molecule has 1 N–H and O–H groups in total. The van der Waals surface area contributed by atoms with Gasteiger partial charge in [0.1, 0.15) is 12.0 Å². The number of anilines is 1. The van der Waals surface area contributed by atoms with Crippen molar-refractivity contribution >= 4 is 17.6 Å². The van der Waals surface area contributed by atoms with Gasteiger partial charge in [-0.05, 0) is 60.7 Å². The van der Waals surface area contributed by atoms with Crippen molar-refractivity contribution in [3.63, 3.8) is 0 Å². The third kappa shape index (κ3) is 4.28. The summed E-state index contributed by atoms with van der Waals surface area (Å²) < 4.78 is 9.83. The largest absolute Gasteiger partial charge is 0.449 e. The summed E-state index contributed by atoms with van der Waals surface area (Å²) in [6.45, 7) is 3.16. The molecular weight excluding hydrogens is 426 g/mol. The summed E-state index contributed by atoms with van der Waals surface area (Å²) in [5.41, 5.74) is 1.89. The number of aromatic nitrogens is 6. The monoisotopic (exact) mass is 447 g/mol. The van der Waals surface area contributed by atoms with E-state index in [-0.39, 0.29) is 16.8 Å². The molecule has 0 aliphatic heterocycles. The van der Waals surface area contributed by atoms with E-state index in [1.165, 1.54) is 22.6 Å². The lowest BCUT2D eigenvalue weighted by Crippen LogP contribution is -2.32. The molecule has 2 aromatic heterocycles. The fourth-order valence-electron chi connectivity index (χ4n) is 3.25. The van der Waals surface area contributed by atoms with Crippen molar-refractivity contribution < 1.29 is 14.3 Å². The Kier molecular flexibility index (Phi) is 5.85. The zero-order chi connectivity index (χ0) is 23.5. The first-order chi connectivity index (χ1) is 15.9. The fraction of sp³-hybridized carbons (Fsp3) is 0.182. The van der Waals surface area contributed by atoms with Crippen LogP contribution in [0.3, 0.4) is 0 Å². The lowest BCUT2D eigenvalue weighted by molar-refractivity contribution is -0.123. The molecule has 4 rings (SSSR count). The molecule has 11 nitrogen and oxygen atoms in total. The van der Waals surface area contributed by atoms with E-state index >= 15 is 0 Å². The first-order valence-electron chi connectivity index (χ1n) is 10.1. The number of ether oxygens (including phenoxy) is 1. The molecule has 1 atom stereocenters. The number of nitrogens with one attached hydrogen (secondary N) is 1. The lowest BCUT2D eigenvalue weighted by atomic mass is 10.2. The molecule has 2 heterocycles. The number of amides is 1. The van der Waals surface area contributed by atoms with E-state index in [1.54, 1.807) is 55.1 Å². The van der Waals surface area contributed by atoms with E-state index in [0.717, 1.165) is 0 Å². The quantitative estimate of drug-likeness (QED) is 0.445. The number of esters is 1. The number of hydrogen-bond acceptors (Lipinski definition) is 7. The number of nitrogens with zero attached hydrogens (tertiary/aromatic N) is 6. The molecule has 0 saturated heterocycles. The summed E-state index contributed by atoms with van der Waals surface area (Å²) in [6.07, 6.45) is 0.303. The van der Waals surface area contributed by atoms with Crippen LogP contribution >= 0.6 is 0 Å². The van der Waals surface area contributed by atoms with Crippen molar-refractivity contribution in [1.82, 2.24) is 29.6 Å². The van der Waals surface area contributed by atoms with Crippen LogP contribution in [0.5, 0.6) is 0 Å². The van der Waals surface area contributed by atoms with Gasteiger partial charge in [0.2, 0.25) is 0 Å². The Balaban J connectivity index is 1.46. The minimum Gasteiger partial charge on any atom is -0.449 e. The van der Waals surface area contributed by atoms with Crippen LogP contribution < -0.4 is 10.9 Å². The number of para-hydroxylation sites is 1. The van der Waals surface area contributed by atoms with Crippen LogP contribution in [0.25, 0.3) is 11.4 Å². The molecule has 0 fully saturated rings. The van der Waals surface area contributed by atoms with Crippen LogP contribution in [0, 0.1) is 6.92 Å². The predicted octanol–water partition coefficient (Wildman–Crippen LogP) is 1.64. The summed E-state index contributed by atoms with van der Waals surface area (Å²) in [7, 11) is 1.72. The molecule has 11 heteroatoms. The second-order valence-corrected chi connectivity index (χ2v) is 7.27.